The molecule has 4 aliphatic rings. The van der Waals surface area contributed by atoms with Gasteiger partial charge in [-0.2, -0.15) is 4.98 Å². The van der Waals surface area contributed by atoms with Crippen molar-refractivity contribution in [2.24, 2.45) is 23.2 Å². The van der Waals surface area contributed by atoms with Gasteiger partial charge >= 0.3 is 0 Å². The number of hydrogen-bond acceptors (Lipinski definition) is 5. The van der Waals surface area contributed by atoms with E-state index >= 15 is 0 Å². The van der Waals surface area contributed by atoms with Gasteiger partial charge in [0.15, 0.2) is 0 Å². The Balaban J connectivity index is 1.07. The van der Waals surface area contributed by atoms with Crippen LogP contribution in [0.2, 0.25) is 0 Å². The van der Waals surface area contributed by atoms with Crippen LogP contribution in [0.25, 0.3) is 0 Å². The Morgan fingerprint density at radius 2 is 1.36 bits per heavy atom. The van der Waals surface area contributed by atoms with Gasteiger partial charge in [-0.15, -0.1) is 0 Å². The zero-order valence-corrected chi connectivity index (χ0v) is 21.2. The van der Waals surface area contributed by atoms with E-state index in [0.29, 0.717) is 12.4 Å². The van der Waals surface area contributed by atoms with E-state index in [0.717, 1.165) is 46.3 Å². The topological polar surface area (TPSA) is 78.9 Å². The molecule has 1 amide bonds. The van der Waals surface area contributed by atoms with Crippen molar-refractivity contribution < 1.29 is 4.79 Å². The van der Waals surface area contributed by atoms with Crippen LogP contribution in [0.15, 0.2) is 54.6 Å². The van der Waals surface area contributed by atoms with Gasteiger partial charge in [0.2, 0.25) is 11.9 Å². The molecule has 0 spiro atoms. The number of nitrogens with zero attached hydrogens (tertiary/aromatic N) is 2. The molecule has 4 aliphatic carbocycles. The second kappa shape index (κ2) is 9.23. The van der Waals surface area contributed by atoms with Crippen molar-refractivity contribution in [2.75, 3.05) is 16.0 Å². The fourth-order valence-corrected chi connectivity index (χ4v) is 7.29. The Morgan fingerprint density at radius 3 is 2.00 bits per heavy atom. The van der Waals surface area contributed by atoms with Gasteiger partial charge in [-0.05, 0) is 112 Å². The molecule has 0 radical (unpaired) electrons. The van der Waals surface area contributed by atoms with Crippen LogP contribution in [0.4, 0.5) is 28.8 Å². The maximum absolute atomic E-state index is 13.0. The van der Waals surface area contributed by atoms with Gasteiger partial charge in [0.05, 0.1) is 0 Å². The van der Waals surface area contributed by atoms with E-state index in [4.69, 9.17) is 0 Å². The summed E-state index contributed by atoms with van der Waals surface area (Å²) in [4.78, 5) is 22.1. The van der Waals surface area contributed by atoms with Crippen molar-refractivity contribution in [3.63, 3.8) is 0 Å². The van der Waals surface area contributed by atoms with Crippen molar-refractivity contribution >= 4 is 34.7 Å². The molecule has 4 saturated carbocycles. The lowest BCUT2D eigenvalue weighted by molar-refractivity contribution is -0.124. The van der Waals surface area contributed by atoms with Gasteiger partial charge < -0.3 is 16.0 Å². The Bertz CT molecular complexity index is 1220. The molecule has 2 aromatic carbocycles. The van der Waals surface area contributed by atoms with Crippen LogP contribution in [0, 0.1) is 37.0 Å². The zero-order chi connectivity index (χ0) is 24.7. The van der Waals surface area contributed by atoms with Crippen LogP contribution >= 0.6 is 0 Å². The lowest BCUT2D eigenvalue weighted by Crippen LogP contribution is -2.47. The number of carbonyl (C=O) groups excluding carboxylic acids is 1. The number of rotatable bonds is 7. The molecular formula is C30H35N5O. The zero-order valence-electron chi connectivity index (χ0n) is 21.2. The first-order valence-corrected chi connectivity index (χ1v) is 13.3. The number of amides is 1. The minimum atomic E-state index is 0.159. The number of aryl methyl sites for hydroxylation is 2. The number of aromatic nitrogens is 2. The molecule has 36 heavy (non-hydrogen) atoms. The highest BCUT2D eigenvalue weighted by Gasteiger charge is 2.51. The average Bonchev–Trinajstić information content (AvgIpc) is 2.80. The first-order valence-electron chi connectivity index (χ1n) is 13.3. The quantitative estimate of drug-likeness (QED) is 0.335. The second-order valence-electron chi connectivity index (χ2n) is 11.6. The van der Waals surface area contributed by atoms with E-state index < -0.39 is 0 Å². The highest BCUT2D eigenvalue weighted by molar-refractivity contribution is 5.91. The SMILES string of the molecule is Cc1ccc(Nc2cc(C)nc(Nc3ccc(NC(=O)CC45CC6CC(CC(C6)C4)C5)cc3)n2)cc1. The fraction of sp³-hybridized carbons (Fsp3) is 0.433. The summed E-state index contributed by atoms with van der Waals surface area (Å²) in [6, 6.07) is 17.9. The number of anilines is 5. The first kappa shape index (κ1) is 23.0. The van der Waals surface area contributed by atoms with E-state index in [-0.39, 0.29) is 11.3 Å². The van der Waals surface area contributed by atoms with Gasteiger partial charge in [0, 0.05) is 35.2 Å². The van der Waals surface area contributed by atoms with Crippen LogP contribution < -0.4 is 16.0 Å². The summed E-state index contributed by atoms with van der Waals surface area (Å²) < 4.78 is 0. The molecule has 0 aliphatic heterocycles. The summed E-state index contributed by atoms with van der Waals surface area (Å²) in [5.74, 6) is 4.03. The summed E-state index contributed by atoms with van der Waals surface area (Å²) in [7, 11) is 0. The smallest absolute Gasteiger partial charge is 0.229 e. The van der Waals surface area contributed by atoms with Crippen LogP contribution in [-0.2, 0) is 4.79 Å². The van der Waals surface area contributed by atoms with Crippen molar-refractivity contribution in [2.45, 2.75) is 58.8 Å². The third-order valence-electron chi connectivity index (χ3n) is 8.30. The van der Waals surface area contributed by atoms with Gasteiger partial charge in [0.25, 0.3) is 0 Å². The Morgan fingerprint density at radius 1 is 0.806 bits per heavy atom. The van der Waals surface area contributed by atoms with Crippen LogP contribution in [-0.4, -0.2) is 15.9 Å². The molecule has 0 atom stereocenters. The van der Waals surface area contributed by atoms with E-state index in [1.54, 1.807) is 0 Å². The number of carbonyl (C=O) groups is 1. The summed E-state index contributed by atoms with van der Waals surface area (Å²) in [6.07, 6.45) is 8.66. The Hall–Kier alpha value is -3.41. The van der Waals surface area contributed by atoms with Gasteiger partial charge in [-0.1, -0.05) is 17.7 Å². The third-order valence-corrected chi connectivity index (χ3v) is 8.30. The van der Waals surface area contributed by atoms with Crippen molar-refractivity contribution in [3.05, 3.63) is 65.9 Å². The molecule has 0 unspecified atom stereocenters. The van der Waals surface area contributed by atoms with E-state index in [1.807, 2.05) is 49.4 Å². The van der Waals surface area contributed by atoms with Crippen LogP contribution in [0.1, 0.15) is 56.2 Å². The van der Waals surface area contributed by atoms with E-state index in [2.05, 4.69) is 45.0 Å². The monoisotopic (exact) mass is 481 g/mol. The van der Waals surface area contributed by atoms with E-state index in [1.165, 1.54) is 44.1 Å². The molecule has 3 N–H and O–H groups in total. The normalized spacial score (nSPS) is 26.0. The maximum atomic E-state index is 13.0. The maximum Gasteiger partial charge on any atom is 0.229 e. The molecule has 4 fully saturated rings. The number of benzene rings is 2. The lowest BCUT2D eigenvalue weighted by atomic mass is 9.49. The molecule has 3 aromatic rings. The Labute approximate surface area is 213 Å². The minimum absolute atomic E-state index is 0.159. The van der Waals surface area contributed by atoms with Crippen molar-refractivity contribution in [1.82, 2.24) is 9.97 Å². The highest BCUT2D eigenvalue weighted by Crippen LogP contribution is 2.61. The molecule has 6 heteroatoms. The van der Waals surface area contributed by atoms with Gasteiger partial charge in [-0.25, -0.2) is 4.98 Å². The number of hydrogen-bond donors (Lipinski definition) is 3. The second-order valence-corrected chi connectivity index (χ2v) is 11.6. The highest BCUT2D eigenvalue weighted by atomic mass is 16.1. The molecule has 7 rings (SSSR count). The predicted molar refractivity (Wildman–Crippen MR) is 145 cm³/mol. The van der Waals surface area contributed by atoms with Gasteiger partial charge in [0.1, 0.15) is 5.82 Å². The molecule has 4 bridgehead atoms. The largest absolute Gasteiger partial charge is 0.340 e. The lowest BCUT2D eigenvalue weighted by Gasteiger charge is -2.56. The van der Waals surface area contributed by atoms with Crippen molar-refractivity contribution in [3.8, 4) is 0 Å². The summed E-state index contributed by atoms with van der Waals surface area (Å²) in [5, 5.41) is 9.78. The molecule has 0 saturated heterocycles. The summed E-state index contributed by atoms with van der Waals surface area (Å²) in [5.41, 5.74) is 5.04. The van der Waals surface area contributed by atoms with E-state index in [9.17, 15) is 4.79 Å². The third kappa shape index (κ3) is 5.08. The van der Waals surface area contributed by atoms with Crippen LogP contribution in [0.5, 0.6) is 0 Å². The van der Waals surface area contributed by atoms with Gasteiger partial charge in [-0.3, -0.25) is 4.79 Å². The fourth-order valence-electron chi connectivity index (χ4n) is 7.29. The first-order chi connectivity index (χ1) is 17.4. The minimum Gasteiger partial charge on any atom is -0.340 e. The van der Waals surface area contributed by atoms with Crippen LogP contribution in [0.3, 0.4) is 0 Å². The molecule has 186 valence electrons. The predicted octanol–water partition coefficient (Wildman–Crippen LogP) is 7.13. The van der Waals surface area contributed by atoms with Crippen molar-refractivity contribution in [1.29, 1.82) is 0 Å². The summed E-state index contributed by atoms with van der Waals surface area (Å²) in [6.45, 7) is 4.02. The molecule has 1 aromatic heterocycles. The summed E-state index contributed by atoms with van der Waals surface area (Å²) >= 11 is 0. The number of nitrogens with one attached hydrogen (secondary N) is 3. The average molecular weight is 482 g/mol. The standard InChI is InChI=1S/C30H35N5O/c1-19-3-5-24(6-4-19)32-27-11-20(2)31-29(35-27)34-26-9-7-25(8-10-26)33-28(36)18-30-15-21-12-22(16-30)14-23(13-21)17-30/h3-11,21-23H,12-18H2,1-2H3,(H,33,36)(H2,31,32,34,35). The molecular weight excluding hydrogens is 446 g/mol. The Kier molecular flexibility index (Phi) is 5.90. The molecule has 6 nitrogen and oxygen atoms in total. The molecule has 1 heterocycles.